The molecule has 3 rings (SSSR count). The summed E-state index contributed by atoms with van der Waals surface area (Å²) in [6.45, 7) is 4.54. The van der Waals surface area contributed by atoms with E-state index in [2.05, 4.69) is 5.10 Å². The lowest BCUT2D eigenvalue weighted by Crippen LogP contribution is -2.44. The molecule has 0 N–H and O–H groups in total. The Morgan fingerprint density at radius 3 is 2.69 bits per heavy atom. The molecule has 0 spiro atoms. The highest BCUT2D eigenvalue weighted by atomic mass is 32.2. The van der Waals surface area contributed by atoms with E-state index in [4.69, 9.17) is 12.2 Å². The second kappa shape index (κ2) is 9.23. The molecule has 1 aromatic heterocycles. The third kappa shape index (κ3) is 5.87. The summed E-state index contributed by atoms with van der Waals surface area (Å²) in [5, 5.41) is 4.43. The van der Waals surface area contributed by atoms with Crippen LogP contribution in [0.4, 0.5) is 4.39 Å². The van der Waals surface area contributed by atoms with Crippen LogP contribution in [0.3, 0.4) is 0 Å². The van der Waals surface area contributed by atoms with Crippen LogP contribution in [-0.4, -0.2) is 58.9 Å². The predicted molar refractivity (Wildman–Crippen MR) is 117 cm³/mol. The zero-order valence-electron chi connectivity index (χ0n) is 16.1. The molecule has 0 saturated carbocycles. The molecule has 2 aromatic rings. The van der Waals surface area contributed by atoms with Crippen LogP contribution in [0.2, 0.25) is 0 Å². The van der Waals surface area contributed by atoms with Crippen molar-refractivity contribution in [1.82, 2.24) is 14.7 Å². The first kappa shape index (κ1) is 22.4. The first-order chi connectivity index (χ1) is 13.6. The van der Waals surface area contributed by atoms with Crippen LogP contribution >= 0.6 is 35.3 Å². The number of carbonyl (C=O) groups is 1. The number of hydrogen-bond donors (Lipinski definition) is 0. The third-order valence-electron chi connectivity index (χ3n) is 4.45. The van der Waals surface area contributed by atoms with E-state index in [1.54, 1.807) is 21.7 Å². The molecule has 0 radical (unpaired) electrons. The van der Waals surface area contributed by atoms with E-state index in [9.17, 15) is 17.6 Å². The van der Waals surface area contributed by atoms with Crippen molar-refractivity contribution in [2.75, 3.05) is 23.8 Å². The SMILES string of the molecule is CC(C)CN(C(=O)CSc1nn(-c2ccc(F)cc2)c(=S)s1)C1CCS(=O)(=O)C1. The average Bonchev–Trinajstić information content (AvgIpc) is 3.20. The maximum Gasteiger partial charge on any atom is 0.233 e. The van der Waals surface area contributed by atoms with Crippen LogP contribution in [0.1, 0.15) is 20.3 Å². The molecule has 1 atom stereocenters. The van der Waals surface area contributed by atoms with Crippen molar-refractivity contribution in [2.45, 2.75) is 30.6 Å². The number of aromatic nitrogens is 2. The Labute approximate surface area is 183 Å². The minimum absolute atomic E-state index is 0.0360. The van der Waals surface area contributed by atoms with Gasteiger partial charge in [-0.25, -0.2) is 17.5 Å². The molecular weight excluding hydrogens is 453 g/mol. The predicted octanol–water partition coefficient (Wildman–Crippen LogP) is 3.57. The summed E-state index contributed by atoms with van der Waals surface area (Å²) in [5.41, 5.74) is 0.656. The molecule has 1 unspecified atom stereocenters. The lowest BCUT2D eigenvalue weighted by atomic mass is 10.1. The Bertz CT molecular complexity index is 1030. The van der Waals surface area contributed by atoms with Gasteiger partial charge in [0.25, 0.3) is 0 Å². The topological polar surface area (TPSA) is 72.3 Å². The van der Waals surface area contributed by atoms with Gasteiger partial charge < -0.3 is 4.90 Å². The Morgan fingerprint density at radius 1 is 1.41 bits per heavy atom. The number of rotatable bonds is 7. The zero-order valence-corrected chi connectivity index (χ0v) is 19.3. The first-order valence-electron chi connectivity index (χ1n) is 9.13. The summed E-state index contributed by atoms with van der Waals surface area (Å²) in [4.78, 5) is 14.6. The maximum atomic E-state index is 13.1. The molecule has 2 heterocycles. The van der Waals surface area contributed by atoms with Crippen molar-refractivity contribution in [1.29, 1.82) is 0 Å². The molecule has 1 aromatic carbocycles. The number of carbonyl (C=O) groups excluding carboxylic acids is 1. The monoisotopic (exact) mass is 475 g/mol. The van der Waals surface area contributed by atoms with Gasteiger partial charge in [-0.1, -0.05) is 36.9 Å². The van der Waals surface area contributed by atoms with E-state index in [1.165, 1.54) is 35.2 Å². The van der Waals surface area contributed by atoms with Crippen molar-refractivity contribution in [2.24, 2.45) is 5.92 Å². The largest absolute Gasteiger partial charge is 0.338 e. The van der Waals surface area contributed by atoms with Gasteiger partial charge in [0, 0.05) is 12.6 Å². The fourth-order valence-electron chi connectivity index (χ4n) is 3.14. The summed E-state index contributed by atoms with van der Waals surface area (Å²) in [7, 11) is -3.07. The summed E-state index contributed by atoms with van der Waals surface area (Å²) >= 11 is 7.90. The first-order valence-corrected chi connectivity index (χ1v) is 13.2. The molecular formula is C18H22FN3O3S4. The van der Waals surface area contributed by atoms with Gasteiger partial charge in [0.2, 0.25) is 5.91 Å². The number of thioether (sulfide) groups is 1. The van der Waals surface area contributed by atoms with Crippen LogP contribution in [0.5, 0.6) is 0 Å². The highest BCUT2D eigenvalue weighted by Crippen LogP contribution is 2.26. The molecule has 11 heteroatoms. The second-order valence-electron chi connectivity index (χ2n) is 7.31. The van der Waals surface area contributed by atoms with Crippen molar-refractivity contribution >= 4 is 51.1 Å². The molecule has 1 amide bonds. The molecule has 0 bridgehead atoms. The Morgan fingerprint density at radius 2 is 2.10 bits per heavy atom. The molecule has 29 heavy (non-hydrogen) atoms. The van der Waals surface area contributed by atoms with Crippen LogP contribution in [0, 0.1) is 15.7 Å². The minimum atomic E-state index is -3.07. The van der Waals surface area contributed by atoms with Crippen molar-refractivity contribution in [3.63, 3.8) is 0 Å². The lowest BCUT2D eigenvalue weighted by molar-refractivity contribution is -0.130. The molecule has 1 fully saturated rings. The normalized spacial score (nSPS) is 18.3. The molecule has 6 nitrogen and oxygen atoms in total. The fraction of sp³-hybridized carbons (Fsp3) is 0.500. The smallest absolute Gasteiger partial charge is 0.233 e. The van der Waals surface area contributed by atoms with E-state index in [1.807, 2.05) is 13.8 Å². The van der Waals surface area contributed by atoms with Crippen LogP contribution < -0.4 is 0 Å². The second-order valence-corrected chi connectivity index (χ2v) is 12.4. The van der Waals surface area contributed by atoms with Gasteiger partial charge in [-0.05, 0) is 48.8 Å². The fourth-order valence-corrected chi connectivity index (χ4v) is 7.12. The van der Waals surface area contributed by atoms with Gasteiger partial charge >= 0.3 is 0 Å². The van der Waals surface area contributed by atoms with Crippen LogP contribution in [0.25, 0.3) is 5.69 Å². The highest BCUT2D eigenvalue weighted by Gasteiger charge is 2.34. The summed E-state index contributed by atoms with van der Waals surface area (Å²) < 4.78 is 39.5. The van der Waals surface area contributed by atoms with Gasteiger partial charge in [-0.2, -0.15) is 0 Å². The van der Waals surface area contributed by atoms with Crippen LogP contribution in [0.15, 0.2) is 28.6 Å². The van der Waals surface area contributed by atoms with Crippen molar-refractivity contribution in [3.8, 4) is 5.69 Å². The van der Waals surface area contributed by atoms with Crippen molar-refractivity contribution in [3.05, 3.63) is 34.0 Å². The Hall–Kier alpha value is -1.30. The summed E-state index contributed by atoms with van der Waals surface area (Å²) in [5.74, 6) is 0.140. The number of halogens is 1. The highest BCUT2D eigenvalue weighted by molar-refractivity contribution is 8.01. The van der Waals surface area contributed by atoms with Gasteiger partial charge in [-0.15, -0.1) is 5.10 Å². The van der Waals surface area contributed by atoms with E-state index in [0.717, 1.165) is 0 Å². The van der Waals surface area contributed by atoms with E-state index < -0.39 is 9.84 Å². The average molecular weight is 476 g/mol. The van der Waals surface area contributed by atoms with Crippen LogP contribution in [-0.2, 0) is 14.6 Å². The summed E-state index contributed by atoms with van der Waals surface area (Å²) in [6, 6.07) is 5.61. The lowest BCUT2D eigenvalue weighted by Gasteiger charge is -2.29. The van der Waals surface area contributed by atoms with Gasteiger partial charge in [-0.3, -0.25) is 4.79 Å². The van der Waals surface area contributed by atoms with Gasteiger partial charge in [0.05, 0.1) is 22.9 Å². The number of amides is 1. The number of sulfone groups is 1. The molecule has 1 aliphatic rings. The van der Waals surface area contributed by atoms with Gasteiger partial charge in [0.1, 0.15) is 5.82 Å². The quantitative estimate of drug-likeness (QED) is 0.450. The standard InChI is InChI=1S/C18H22FN3O3S4/c1-12(2)9-21(15-7-8-29(24,25)11-15)16(23)10-27-17-20-22(18(26)28-17)14-5-3-13(19)4-6-14/h3-6,12,15H,7-11H2,1-2H3. The number of hydrogen-bond acceptors (Lipinski definition) is 7. The zero-order chi connectivity index (χ0) is 21.2. The third-order valence-corrected chi connectivity index (χ3v) is 8.55. The van der Waals surface area contributed by atoms with Gasteiger partial charge in [0.15, 0.2) is 18.1 Å². The Kier molecular flexibility index (Phi) is 7.13. The van der Waals surface area contributed by atoms with Crippen molar-refractivity contribution < 1.29 is 17.6 Å². The molecule has 0 aliphatic carbocycles. The van der Waals surface area contributed by atoms with E-state index in [0.29, 0.717) is 26.9 Å². The Balaban J connectivity index is 1.69. The van der Waals surface area contributed by atoms with E-state index in [-0.39, 0.29) is 40.9 Å². The molecule has 1 saturated heterocycles. The molecule has 1 aliphatic heterocycles. The number of nitrogens with zero attached hydrogens (tertiary/aromatic N) is 3. The number of benzene rings is 1. The summed E-state index contributed by atoms with van der Waals surface area (Å²) in [6.07, 6.45) is 0.490. The van der Waals surface area contributed by atoms with E-state index >= 15 is 0 Å². The minimum Gasteiger partial charge on any atom is -0.338 e. The molecule has 158 valence electrons. The maximum absolute atomic E-state index is 13.1.